The van der Waals surface area contributed by atoms with E-state index in [1.54, 1.807) is 12.1 Å². The Balaban J connectivity index is 2.10. The molecule has 0 aromatic heterocycles. The molecule has 2 aromatic carbocycles. The van der Waals surface area contributed by atoms with Gasteiger partial charge in [0.1, 0.15) is 0 Å². The number of rotatable bonds is 5. The summed E-state index contributed by atoms with van der Waals surface area (Å²) in [7, 11) is -3.25. The van der Waals surface area contributed by atoms with E-state index in [0.29, 0.717) is 12.2 Å². The molecule has 0 saturated heterocycles. The van der Waals surface area contributed by atoms with Crippen LogP contribution >= 0.6 is 0 Å². The third kappa shape index (κ3) is 4.79. The minimum atomic E-state index is -3.25. The molecule has 0 fully saturated rings. The van der Waals surface area contributed by atoms with Crippen molar-refractivity contribution in [3.8, 4) is 0 Å². The summed E-state index contributed by atoms with van der Waals surface area (Å²) in [4.78, 5) is 0. The topological polar surface area (TPSA) is 58.2 Å². The monoisotopic (exact) mass is 304 g/mol. The molecule has 0 saturated carbocycles. The second-order valence-electron chi connectivity index (χ2n) is 5.24. The molecule has 0 aliphatic heterocycles. The highest BCUT2D eigenvalue weighted by molar-refractivity contribution is 7.92. The molecule has 2 N–H and O–H groups in total. The minimum absolute atomic E-state index is 0.559. The maximum atomic E-state index is 11.2. The van der Waals surface area contributed by atoms with Crippen LogP contribution in [0.15, 0.2) is 42.5 Å². The van der Waals surface area contributed by atoms with E-state index in [1.807, 2.05) is 12.1 Å². The van der Waals surface area contributed by atoms with Gasteiger partial charge in [0.2, 0.25) is 10.0 Å². The zero-order valence-electron chi connectivity index (χ0n) is 12.5. The van der Waals surface area contributed by atoms with Crippen LogP contribution in [0.3, 0.4) is 0 Å². The summed E-state index contributed by atoms with van der Waals surface area (Å²) in [6, 6.07) is 13.6. The summed E-state index contributed by atoms with van der Waals surface area (Å²) in [6.45, 7) is 4.85. The van der Waals surface area contributed by atoms with E-state index in [0.717, 1.165) is 11.9 Å². The molecule has 0 bridgehead atoms. The zero-order chi connectivity index (χ0) is 15.5. The van der Waals surface area contributed by atoms with Gasteiger partial charge < -0.3 is 5.32 Å². The fourth-order valence-corrected chi connectivity index (χ4v) is 2.65. The van der Waals surface area contributed by atoms with Crippen LogP contribution in [0.5, 0.6) is 0 Å². The van der Waals surface area contributed by atoms with Crippen molar-refractivity contribution in [3.05, 3.63) is 59.2 Å². The lowest BCUT2D eigenvalue weighted by Gasteiger charge is -2.11. The van der Waals surface area contributed by atoms with E-state index in [2.05, 4.69) is 42.1 Å². The first-order valence-electron chi connectivity index (χ1n) is 6.71. The number of aryl methyl sites for hydroxylation is 2. The van der Waals surface area contributed by atoms with Crippen LogP contribution in [0, 0.1) is 13.8 Å². The van der Waals surface area contributed by atoms with Crippen molar-refractivity contribution >= 4 is 21.4 Å². The van der Waals surface area contributed by atoms with E-state index in [4.69, 9.17) is 0 Å². The van der Waals surface area contributed by atoms with Gasteiger partial charge in [-0.1, -0.05) is 29.8 Å². The number of anilines is 2. The van der Waals surface area contributed by atoms with Gasteiger partial charge in [0.15, 0.2) is 0 Å². The summed E-state index contributed by atoms with van der Waals surface area (Å²) < 4.78 is 25.0. The maximum absolute atomic E-state index is 11.2. The molecule has 0 radical (unpaired) electrons. The predicted octanol–water partition coefficient (Wildman–Crippen LogP) is 3.29. The van der Waals surface area contributed by atoms with Crippen molar-refractivity contribution in [3.63, 3.8) is 0 Å². The molecule has 0 spiro atoms. The first kappa shape index (κ1) is 15.4. The molecule has 4 nitrogen and oxygen atoms in total. The van der Waals surface area contributed by atoms with Crippen LogP contribution in [-0.4, -0.2) is 14.7 Å². The Morgan fingerprint density at radius 2 is 1.71 bits per heavy atom. The van der Waals surface area contributed by atoms with Crippen LogP contribution < -0.4 is 10.0 Å². The summed E-state index contributed by atoms with van der Waals surface area (Å²) in [5.74, 6) is 0. The van der Waals surface area contributed by atoms with Crippen molar-refractivity contribution in [1.82, 2.24) is 0 Å². The van der Waals surface area contributed by atoms with Crippen molar-refractivity contribution in [2.75, 3.05) is 16.3 Å². The molecule has 21 heavy (non-hydrogen) atoms. The van der Waals surface area contributed by atoms with Crippen LogP contribution in [0.2, 0.25) is 0 Å². The van der Waals surface area contributed by atoms with Crippen molar-refractivity contribution in [1.29, 1.82) is 0 Å². The van der Waals surface area contributed by atoms with Gasteiger partial charge in [-0.15, -0.1) is 0 Å². The lowest BCUT2D eigenvalue weighted by molar-refractivity contribution is 0.607. The predicted molar refractivity (Wildman–Crippen MR) is 88.2 cm³/mol. The van der Waals surface area contributed by atoms with Gasteiger partial charge in [0.05, 0.1) is 11.9 Å². The molecule has 0 aliphatic carbocycles. The van der Waals surface area contributed by atoms with Crippen molar-refractivity contribution in [2.45, 2.75) is 20.4 Å². The van der Waals surface area contributed by atoms with Gasteiger partial charge in [-0.3, -0.25) is 4.72 Å². The van der Waals surface area contributed by atoms with Gasteiger partial charge in [0, 0.05) is 12.2 Å². The largest absolute Gasteiger partial charge is 0.381 e. The highest BCUT2D eigenvalue weighted by atomic mass is 32.2. The summed E-state index contributed by atoms with van der Waals surface area (Å²) in [5, 5.41) is 3.32. The van der Waals surface area contributed by atoms with Crippen LogP contribution in [0.25, 0.3) is 0 Å². The number of benzene rings is 2. The smallest absolute Gasteiger partial charge is 0.229 e. The first-order chi connectivity index (χ1) is 9.83. The molecular weight excluding hydrogens is 284 g/mol. The van der Waals surface area contributed by atoms with Crippen LogP contribution in [0.4, 0.5) is 11.4 Å². The van der Waals surface area contributed by atoms with Gasteiger partial charge in [-0.05, 0) is 43.2 Å². The Morgan fingerprint density at radius 1 is 1.00 bits per heavy atom. The molecule has 0 unspecified atom stereocenters. The van der Waals surface area contributed by atoms with Gasteiger partial charge in [0.25, 0.3) is 0 Å². The second kappa shape index (κ2) is 6.18. The van der Waals surface area contributed by atoms with Crippen LogP contribution in [-0.2, 0) is 16.6 Å². The third-order valence-electron chi connectivity index (χ3n) is 3.15. The Labute approximate surface area is 126 Å². The van der Waals surface area contributed by atoms with E-state index < -0.39 is 10.0 Å². The quantitative estimate of drug-likeness (QED) is 0.891. The lowest BCUT2D eigenvalue weighted by Crippen LogP contribution is -2.09. The molecule has 0 aliphatic rings. The lowest BCUT2D eigenvalue weighted by atomic mass is 10.1. The minimum Gasteiger partial charge on any atom is -0.381 e. The van der Waals surface area contributed by atoms with Crippen LogP contribution in [0.1, 0.15) is 16.7 Å². The van der Waals surface area contributed by atoms with Crippen molar-refractivity contribution in [2.24, 2.45) is 0 Å². The fourth-order valence-electron chi connectivity index (χ4n) is 2.09. The van der Waals surface area contributed by atoms with E-state index in [1.165, 1.54) is 16.7 Å². The number of sulfonamides is 1. The Kier molecular flexibility index (Phi) is 4.53. The third-order valence-corrected chi connectivity index (χ3v) is 3.76. The van der Waals surface area contributed by atoms with E-state index in [9.17, 15) is 8.42 Å². The average molecular weight is 304 g/mol. The van der Waals surface area contributed by atoms with Gasteiger partial charge in [-0.2, -0.15) is 0 Å². The standard InChI is InChI=1S/C16H20N2O2S/c1-12-7-8-13(2)14(9-12)11-17-15-5-4-6-16(10-15)18-21(3,19)20/h4-10,17-18H,11H2,1-3H3. The number of hydrogen-bond acceptors (Lipinski definition) is 3. The average Bonchev–Trinajstić information content (AvgIpc) is 2.38. The Bertz CT molecular complexity index is 740. The normalized spacial score (nSPS) is 11.2. The fraction of sp³-hybridized carbons (Fsp3) is 0.250. The summed E-state index contributed by atoms with van der Waals surface area (Å²) in [6.07, 6.45) is 1.14. The summed E-state index contributed by atoms with van der Waals surface area (Å²) >= 11 is 0. The Hall–Kier alpha value is -2.01. The van der Waals surface area contributed by atoms with Crippen molar-refractivity contribution < 1.29 is 8.42 Å². The number of nitrogens with one attached hydrogen (secondary N) is 2. The highest BCUT2D eigenvalue weighted by Crippen LogP contribution is 2.18. The van der Waals surface area contributed by atoms with Gasteiger partial charge in [-0.25, -0.2) is 8.42 Å². The summed E-state index contributed by atoms with van der Waals surface area (Å²) in [5.41, 5.74) is 5.13. The van der Waals surface area contributed by atoms with E-state index >= 15 is 0 Å². The van der Waals surface area contributed by atoms with Gasteiger partial charge >= 0.3 is 0 Å². The molecule has 2 rings (SSSR count). The SMILES string of the molecule is Cc1ccc(C)c(CNc2cccc(NS(C)(=O)=O)c2)c1. The Morgan fingerprint density at radius 3 is 2.43 bits per heavy atom. The van der Waals surface area contributed by atoms with E-state index in [-0.39, 0.29) is 0 Å². The molecule has 112 valence electrons. The first-order valence-corrected chi connectivity index (χ1v) is 8.60. The second-order valence-corrected chi connectivity index (χ2v) is 6.99. The molecular formula is C16H20N2O2S. The molecule has 0 atom stereocenters. The maximum Gasteiger partial charge on any atom is 0.229 e. The zero-order valence-corrected chi connectivity index (χ0v) is 13.3. The molecule has 0 amide bonds. The molecule has 0 heterocycles. The molecule has 5 heteroatoms. The highest BCUT2D eigenvalue weighted by Gasteiger charge is 2.03. The number of hydrogen-bond donors (Lipinski definition) is 2. The molecule has 2 aromatic rings.